The number of carbonyl (C=O) groups excluding carboxylic acids is 2. The lowest BCUT2D eigenvalue weighted by molar-refractivity contribution is -0.496. The summed E-state index contributed by atoms with van der Waals surface area (Å²) >= 11 is 0. The number of aliphatic hydroxyl groups excluding tert-OH is 2. The van der Waals surface area contributed by atoms with Crippen LogP contribution in [0, 0.1) is 13.8 Å². The van der Waals surface area contributed by atoms with E-state index in [4.69, 9.17) is 19.8 Å². The molecule has 2 amide bonds. The van der Waals surface area contributed by atoms with Crippen molar-refractivity contribution in [3.63, 3.8) is 0 Å². The number of aryl methyl sites for hydroxylation is 2. The molecule has 370 valence electrons. The van der Waals surface area contributed by atoms with Crippen molar-refractivity contribution in [1.29, 1.82) is 0 Å². The first-order valence-corrected chi connectivity index (χ1v) is 24.6. The van der Waals surface area contributed by atoms with Crippen molar-refractivity contribution in [2.75, 3.05) is 62.7 Å². The van der Waals surface area contributed by atoms with Gasteiger partial charge in [0.25, 0.3) is 19.3 Å². The van der Waals surface area contributed by atoms with E-state index < -0.39 is 44.5 Å². The van der Waals surface area contributed by atoms with Gasteiger partial charge in [-0.1, -0.05) is 31.0 Å². The first-order chi connectivity index (χ1) is 33.0. The normalized spacial score (nSPS) is 18.2. The van der Waals surface area contributed by atoms with Gasteiger partial charge in [-0.25, -0.2) is 9.98 Å². The molecule has 2 aromatic carbocycles. The average Bonchev–Trinajstić information content (AvgIpc) is 3.80. The second-order valence-corrected chi connectivity index (χ2v) is 18.4. The topological polar surface area (TPSA) is 309 Å². The van der Waals surface area contributed by atoms with Gasteiger partial charge in [0.2, 0.25) is 23.2 Å². The molecule has 1 unspecified atom stereocenters. The standard InChI is InChI=1S/C47H61N10O11P/c1-6-49-32-23-34-30(21-26(32)3)38(31-22-27(4)33(50-7-2)24-35(31)67-34)28-15-10-11-16-29(28)44(62)56(5)20-14-17-37(58)51-18-12-8-9-13-19-52-47-53-39-42(54-46(48)55-43(39)61)57(47)45-41(60)40(59)36(68-45)25-66-69(63,64)65/h10-11,15-16,21-24,36,40-41,45,49,59-60H,6-9,12-14,17-20,25H2,1-5H3,(H,51,58)(H,52,53)(H2,63,64,65)(H3,48,54,55,61)/t36-,40-,41-,45-/m1/s1. The van der Waals surface area contributed by atoms with Crippen molar-refractivity contribution >= 4 is 59.4 Å². The molecule has 1 fully saturated rings. The predicted octanol–water partition coefficient (Wildman–Crippen LogP) is 2.01. The number of phosphoric ester groups is 1. The number of phosphoric acid groups is 1. The lowest BCUT2D eigenvalue weighted by Crippen LogP contribution is -2.76. The number of carbonyl (C=O) groups is 2. The van der Waals surface area contributed by atoms with E-state index in [9.17, 15) is 34.1 Å². The minimum atomic E-state index is -5.15. The number of nitrogens with zero attached hydrogens (tertiary/aromatic N) is 4. The first-order valence-electron chi connectivity index (χ1n) is 23.1. The summed E-state index contributed by atoms with van der Waals surface area (Å²) in [6.45, 7) is 10.2. The molecule has 4 aromatic rings. The zero-order chi connectivity index (χ0) is 49.6. The minimum Gasteiger partial charge on any atom is -0.756 e. The van der Waals surface area contributed by atoms with Crippen LogP contribution in [0.1, 0.15) is 80.1 Å². The second kappa shape index (κ2) is 22.1. The summed E-state index contributed by atoms with van der Waals surface area (Å²) in [5, 5.41) is 32.8. The highest BCUT2D eigenvalue weighted by Gasteiger charge is 2.46. The van der Waals surface area contributed by atoms with Crippen LogP contribution in [0.3, 0.4) is 0 Å². The summed E-state index contributed by atoms with van der Waals surface area (Å²) < 4.78 is 29.0. The van der Waals surface area contributed by atoms with Crippen molar-refractivity contribution < 1.29 is 52.8 Å². The number of H-pyrrole nitrogens is 1. The summed E-state index contributed by atoms with van der Waals surface area (Å²) in [6, 6.07) is 15.9. The number of unbranched alkanes of at least 4 members (excludes halogenated alkanes) is 3. The third kappa shape index (κ3) is 11.6. The number of rotatable bonds is 21. The van der Waals surface area contributed by atoms with Crippen LogP contribution in [0.15, 0.2) is 57.7 Å². The van der Waals surface area contributed by atoms with E-state index in [2.05, 4.69) is 80.2 Å². The Bertz CT molecular complexity index is 2970. The molecule has 0 spiro atoms. The van der Waals surface area contributed by atoms with Gasteiger partial charge in [-0.15, -0.1) is 0 Å². The number of nitrogens with one attached hydrogen (secondary N) is 5. The molecule has 4 heterocycles. The number of ether oxygens (including phenoxy) is 1. The van der Waals surface area contributed by atoms with Crippen LogP contribution in [0.4, 0.5) is 17.6 Å². The third-order valence-electron chi connectivity index (χ3n) is 12.1. The molecule has 22 heteroatoms. The van der Waals surface area contributed by atoms with E-state index in [-0.39, 0.29) is 41.3 Å². The molecule has 3 aliphatic rings. The summed E-state index contributed by atoms with van der Waals surface area (Å²) in [7, 11) is -3.40. The van der Waals surface area contributed by atoms with E-state index in [1.54, 1.807) is 11.9 Å². The van der Waals surface area contributed by atoms with E-state index in [0.29, 0.717) is 55.8 Å². The van der Waals surface area contributed by atoms with Crippen LogP contribution in [-0.2, 0) is 18.6 Å². The summed E-state index contributed by atoms with van der Waals surface area (Å²) in [6.07, 6.45) is -2.39. The number of amides is 2. The van der Waals surface area contributed by atoms with Gasteiger partial charge in [-0.3, -0.25) is 28.5 Å². The van der Waals surface area contributed by atoms with Gasteiger partial charge in [-0.05, 0) is 76.3 Å². The van der Waals surface area contributed by atoms with Gasteiger partial charge in [0.1, 0.15) is 36.2 Å². The number of imidazole rings is 1. The number of fused-ring (bicyclic) bond motifs is 3. The quantitative estimate of drug-likeness (QED) is 0.0283. The number of benzene rings is 3. The molecule has 2 aromatic heterocycles. The van der Waals surface area contributed by atoms with Crippen molar-refractivity contribution in [3.8, 4) is 22.5 Å². The maximum absolute atomic E-state index is 14.2. The van der Waals surface area contributed by atoms with Crippen LogP contribution >= 0.6 is 7.82 Å². The summed E-state index contributed by atoms with van der Waals surface area (Å²) in [5.74, 6) is 0.275. The molecule has 7 rings (SSSR count). The van der Waals surface area contributed by atoms with Crippen molar-refractivity contribution in [2.24, 2.45) is 0 Å². The number of nitrogens with two attached hydrogens (primary N) is 1. The fraction of sp³-hybridized carbons (Fsp3) is 0.447. The maximum atomic E-state index is 14.2. The molecule has 0 saturated carbocycles. The fourth-order valence-corrected chi connectivity index (χ4v) is 8.99. The Hall–Kier alpha value is -6.19. The molecule has 0 radical (unpaired) electrons. The molecule has 0 bridgehead atoms. The minimum absolute atomic E-state index is 0.0572. The summed E-state index contributed by atoms with van der Waals surface area (Å²) in [4.78, 5) is 75.8. The Morgan fingerprint density at radius 1 is 1.00 bits per heavy atom. The number of hydrogen-bond donors (Lipinski definition) is 9. The number of nitrogen functional groups attached to an aromatic ring is 1. The lowest BCUT2D eigenvalue weighted by Gasteiger charge is -2.22. The van der Waals surface area contributed by atoms with Crippen LogP contribution in [0.2, 0.25) is 0 Å². The molecule has 2 aliphatic heterocycles. The van der Waals surface area contributed by atoms with Crippen molar-refractivity contribution in [1.82, 2.24) is 29.7 Å². The maximum Gasteiger partial charge on any atom is 0.280 e. The SMILES string of the molecule is CCNc1cc2oc3cc(=[NH+]CC)c(C)cc-3c(-c3ccccc3C(=O)N(C)CCCC(=O)NCCCCCCNc3nc4c(=O)[nH]c(N)nc4n3[C@@H]3O[C@H](COP(=O)([O-])O)[C@@H](O)[C@H]3O)c2cc1C. The molecule has 10 N–H and O–H groups in total. The fourth-order valence-electron chi connectivity index (χ4n) is 8.66. The Balaban J connectivity index is 0.909. The highest BCUT2D eigenvalue weighted by Crippen LogP contribution is 2.43. The average molecular weight is 973 g/mol. The zero-order valence-electron chi connectivity index (χ0n) is 39.3. The smallest absolute Gasteiger partial charge is 0.280 e. The largest absolute Gasteiger partial charge is 0.756 e. The molecular formula is C47H61N10O11P. The first kappa shape index (κ1) is 50.7. The zero-order valence-corrected chi connectivity index (χ0v) is 40.2. The van der Waals surface area contributed by atoms with Crippen LogP contribution < -0.4 is 42.5 Å². The van der Waals surface area contributed by atoms with E-state index >= 15 is 0 Å². The third-order valence-corrected chi connectivity index (χ3v) is 12.6. The highest BCUT2D eigenvalue weighted by molar-refractivity contribution is 7.44. The van der Waals surface area contributed by atoms with Gasteiger partial charge < -0.3 is 60.3 Å². The van der Waals surface area contributed by atoms with E-state index in [1.807, 2.05) is 36.4 Å². The van der Waals surface area contributed by atoms with Gasteiger partial charge in [0.15, 0.2) is 17.4 Å². The lowest BCUT2D eigenvalue weighted by atomic mass is 9.89. The van der Waals surface area contributed by atoms with E-state index in [0.717, 1.165) is 70.2 Å². The Kier molecular flexibility index (Phi) is 16.2. The van der Waals surface area contributed by atoms with Gasteiger partial charge in [0.05, 0.1) is 12.7 Å². The van der Waals surface area contributed by atoms with Crippen LogP contribution in [0.5, 0.6) is 0 Å². The van der Waals surface area contributed by atoms with Crippen LogP contribution in [-0.4, -0.2) is 116 Å². The number of anilines is 3. The Morgan fingerprint density at radius 3 is 2.49 bits per heavy atom. The number of hydrogen-bond acceptors (Lipinski definition) is 15. The second-order valence-electron chi connectivity index (χ2n) is 17.2. The van der Waals surface area contributed by atoms with Gasteiger partial charge >= 0.3 is 0 Å². The molecule has 21 nitrogen and oxygen atoms in total. The number of aliphatic hydroxyl groups is 2. The Morgan fingerprint density at radius 2 is 1.75 bits per heavy atom. The van der Waals surface area contributed by atoms with Gasteiger partial charge in [0, 0.05) is 79.0 Å². The monoisotopic (exact) mass is 972 g/mol. The molecular weight excluding hydrogens is 912 g/mol. The molecule has 1 saturated heterocycles. The van der Waals surface area contributed by atoms with E-state index in [1.165, 1.54) is 4.57 Å². The molecule has 1 aliphatic carbocycles. The predicted molar refractivity (Wildman–Crippen MR) is 257 cm³/mol. The number of aromatic nitrogens is 4. The molecule has 69 heavy (non-hydrogen) atoms. The number of aromatic amines is 1. The highest BCUT2D eigenvalue weighted by atomic mass is 31.2. The van der Waals surface area contributed by atoms with Gasteiger partial charge in [-0.2, -0.15) is 4.98 Å². The Labute approximate surface area is 397 Å². The van der Waals surface area contributed by atoms with Crippen molar-refractivity contribution in [3.05, 3.63) is 80.9 Å². The molecule has 5 atom stereocenters. The van der Waals surface area contributed by atoms with Crippen LogP contribution in [0.25, 0.3) is 44.6 Å². The van der Waals surface area contributed by atoms with Crippen molar-refractivity contribution in [2.45, 2.75) is 90.8 Å². The summed E-state index contributed by atoms with van der Waals surface area (Å²) in [5.41, 5.74) is 11.9.